The van der Waals surface area contributed by atoms with E-state index in [2.05, 4.69) is 15.1 Å². The fourth-order valence-corrected chi connectivity index (χ4v) is 2.96. The molecule has 30 heavy (non-hydrogen) atoms. The molecule has 1 aromatic carbocycles. The Morgan fingerprint density at radius 2 is 1.97 bits per heavy atom. The first-order chi connectivity index (χ1) is 14.0. The third kappa shape index (κ3) is 4.37. The summed E-state index contributed by atoms with van der Waals surface area (Å²) in [5, 5.41) is 12.8. The number of carbonyl (C=O) groups is 2. The van der Waals surface area contributed by atoms with Crippen molar-refractivity contribution in [1.82, 2.24) is 24.6 Å². The van der Waals surface area contributed by atoms with E-state index in [1.165, 1.54) is 23.4 Å². The smallest absolute Gasteiger partial charge is 0.432 e. The van der Waals surface area contributed by atoms with Crippen molar-refractivity contribution < 1.29 is 23.8 Å². The first kappa shape index (κ1) is 21.2. The fourth-order valence-electron chi connectivity index (χ4n) is 2.96. The maximum absolute atomic E-state index is 14.9. The van der Waals surface area contributed by atoms with Gasteiger partial charge in [0.1, 0.15) is 22.5 Å². The van der Waals surface area contributed by atoms with E-state index >= 15 is 0 Å². The quantitative estimate of drug-likeness (QED) is 0.692. The molecule has 1 N–H and O–H groups in total. The van der Waals surface area contributed by atoms with Crippen LogP contribution in [0.15, 0.2) is 24.5 Å². The van der Waals surface area contributed by atoms with Gasteiger partial charge in [-0.2, -0.15) is 9.78 Å². The molecular weight excluding hydrogens is 393 g/mol. The molecule has 3 aromatic rings. The molecule has 0 spiro atoms. The molecule has 0 aliphatic carbocycles. The standard InChI is InChI=1S/C20H22FN5O4/c1-11-6-12(10-25(5)19(29)30-20(2,3)4)7-13(21)16(11)17-22-9-15-14(24-17)8-23-26(15)18(27)28/h6-9H,10H2,1-5H3,(H,27,28). The van der Waals surface area contributed by atoms with E-state index < -0.39 is 23.6 Å². The molecule has 0 saturated heterocycles. The molecule has 0 saturated carbocycles. The zero-order valence-corrected chi connectivity index (χ0v) is 17.3. The summed E-state index contributed by atoms with van der Waals surface area (Å²) in [7, 11) is 1.58. The number of nitrogens with zero attached hydrogens (tertiary/aromatic N) is 5. The Morgan fingerprint density at radius 1 is 1.27 bits per heavy atom. The Bertz CT molecular complexity index is 1110. The van der Waals surface area contributed by atoms with Crippen molar-refractivity contribution in [1.29, 1.82) is 0 Å². The van der Waals surface area contributed by atoms with Gasteiger partial charge in [0.2, 0.25) is 0 Å². The molecule has 2 heterocycles. The number of fused-ring (bicyclic) bond motifs is 1. The minimum atomic E-state index is -1.26. The van der Waals surface area contributed by atoms with Crippen LogP contribution in [0, 0.1) is 12.7 Å². The van der Waals surface area contributed by atoms with E-state index in [1.807, 2.05) is 0 Å². The maximum atomic E-state index is 14.9. The van der Waals surface area contributed by atoms with Crippen LogP contribution >= 0.6 is 0 Å². The van der Waals surface area contributed by atoms with Gasteiger partial charge >= 0.3 is 12.2 Å². The largest absolute Gasteiger partial charge is 0.463 e. The lowest BCUT2D eigenvalue weighted by Gasteiger charge is -2.25. The van der Waals surface area contributed by atoms with E-state index in [0.29, 0.717) is 11.1 Å². The van der Waals surface area contributed by atoms with Crippen LogP contribution in [0.1, 0.15) is 31.9 Å². The number of hydrogen-bond donors (Lipinski definition) is 1. The SMILES string of the molecule is Cc1cc(CN(C)C(=O)OC(C)(C)C)cc(F)c1-c1ncc2c(cnn2C(=O)O)n1. The van der Waals surface area contributed by atoms with Crippen molar-refractivity contribution in [2.45, 2.75) is 39.8 Å². The molecule has 0 fully saturated rings. The number of amides is 1. The average molecular weight is 415 g/mol. The lowest BCUT2D eigenvalue weighted by Crippen LogP contribution is -2.33. The molecule has 9 nitrogen and oxygen atoms in total. The number of ether oxygens (including phenoxy) is 1. The van der Waals surface area contributed by atoms with E-state index in [4.69, 9.17) is 9.84 Å². The molecule has 0 atom stereocenters. The van der Waals surface area contributed by atoms with Gasteiger partial charge in [-0.1, -0.05) is 6.07 Å². The number of carboxylic acid groups (broad SMARTS) is 1. The zero-order chi connectivity index (χ0) is 22.2. The van der Waals surface area contributed by atoms with Gasteiger partial charge in [-0.3, -0.25) is 0 Å². The molecule has 0 aliphatic rings. The fraction of sp³-hybridized carbons (Fsp3) is 0.350. The average Bonchev–Trinajstić information content (AvgIpc) is 3.03. The topological polar surface area (TPSA) is 110 Å². The lowest BCUT2D eigenvalue weighted by atomic mass is 10.0. The number of benzene rings is 1. The van der Waals surface area contributed by atoms with Gasteiger partial charge in [-0.15, -0.1) is 0 Å². The van der Waals surface area contributed by atoms with Crippen LogP contribution in [-0.4, -0.2) is 54.6 Å². The first-order valence-electron chi connectivity index (χ1n) is 9.14. The maximum Gasteiger partial charge on any atom is 0.432 e. The molecular formula is C20H22FN5O4. The van der Waals surface area contributed by atoms with Crippen LogP contribution in [0.2, 0.25) is 0 Å². The Labute approximate surface area is 172 Å². The van der Waals surface area contributed by atoms with Crippen LogP contribution in [0.4, 0.5) is 14.0 Å². The number of rotatable bonds is 3. The highest BCUT2D eigenvalue weighted by atomic mass is 19.1. The van der Waals surface area contributed by atoms with Crippen molar-refractivity contribution >= 4 is 23.2 Å². The summed E-state index contributed by atoms with van der Waals surface area (Å²) in [4.78, 5) is 33.0. The van der Waals surface area contributed by atoms with E-state index in [0.717, 1.165) is 4.68 Å². The summed E-state index contributed by atoms with van der Waals surface area (Å²) in [6, 6.07) is 3.06. The molecule has 0 radical (unpaired) electrons. The second-order valence-electron chi connectivity index (χ2n) is 7.91. The van der Waals surface area contributed by atoms with Crippen LogP contribution in [-0.2, 0) is 11.3 Å². The number of aromatic nitrogens is 4. The van der Waals surface area contributed by atoms with E-state index in [-0.39, 0.29) is 29.0 Å². The van der Waals surface area contributed by atoms with Crippen molar-refractivity contribution in [2.75, 3.05) is 7.05 Å². The highest BCUT2D eigenvalue weighted by Gasteiger charge is 2.21. The Hall–Kier alpha value is -3.56. The van der Waals surface area contributed by atoms with Crippen LogP contribution in [0.3, 0.4) is 0 Å². The van der Waals surface area contributed by atoms with Gasteiger partial charge in [-0.05, 0) is 44.9 Å². The number of aryl methyl sites for hydroxylation is 1. The molecule has 2 aromatic heterocycles. The number of carbonyl (C=O) groups excluding carboxylic acids is 1. The molecule has 3 rings (SSSR count). The third-order valence-electron chi connectivity index (χ3n) is 4.20. The second-order valence-corrected chi connectivity index (χ2v) is 7.91. The minimum absolute atomic E-state index is 0.120. The van der Waals surface area contributed by atoms with Gasteiger partial charge in [0.25, 0.3) is 0 Å². The molecule has 0 bridgehead atoms. The molecule has 1 amide bonds. The Morgan fingerprint density at radius 3 is 2.57 bits per heavy atom. The van der Waals surface area contributed by atoms with Gasteiger partial charge in [0.05, 0.1) is 18.0 Å². The molecule has 10 heteroatoms. The van der Waals surface area contributed by atoms with Crippen molar-refractivity contribution in [3.8, 4) is 11.4 Å². The Balaban J connectivity index is 1.89. The first-order valence-corrected chi connectivity index (χ1v) is 9.14. The van der Waals surface area contributed by atoms with Gasteiger partial charge in [-0.25, -0.2) is 23.9 Å². The predicted molar refractivity (Wildman–Crippen MR) is 107 cm³/mol. The van der Waals surface area contributed by atoms with Crippen LogP contribution < -0.4 is 0 Å². The van der Waals surface area contributed by atoms with Crippen molar-refractivity contribution in [2.24, 2.45) is 0 Å². The molecule has 0 unspecified atom stereocenters. The summed E-state index contributed by atoms with van der Waals surface area (Å²) in [6.07, 6.45) is 0.810. The second kappa shape index (κ2) is 7.69. The van der Waals surface area contributed by atoms with Crippen molar-refractivity contribution in [3.63, 3.8) is 0 Å². The van der Waals surface area contributed by atoms with Crippen LogP contribution in [0.25, 0.3) is 22.4 Å². The highest BCUT2D eigenvalue weighted by Crippen LogP contribution is 2.27. The summed E-state index contributed by atoms with van der Waals surface area (Å²) in [5.74, 6) is -0.429. The normalized spacial score (nSPS) is 11.5. The summed E-state index contributed by atoms with van der Waals surface area (Å²) in [5.41, 5.74) is 1.23. The number of hydrogen-bond acceptors (Lipinski definition) is 6. The summed E-state index contributed by atoms with van der Waals surface area (Å²) in [6.45, 7) is 7.19. The number of halogens is 1. The van der Waals surface area contributed by atoms with Crippen LogP contribution in [0.5, 0.6) is 0 Å². The molecule has 158 valence electrons. The lowest BCUT2D eigenvalue weighted by molar-refractivity contribution is 0.0285. The van der Waals surface area contributed by atoms with E-state index in [1.54, 1.807) is 40.8 Å². The van der Waals surface area contributed by atoms with Crippen molar-refractivity contribution in [3.05, 3.63) is 41.5 Å². The van der Waals surface area contributed by atoms with E-state index in [9.17, 15) is 14.0 Å². The Kier molecular flexibility index (Phi) is 5.43. The highest BCUT2D eigenvalue weighted by molar-refractivity contribution is 5.85. The van der Waals surface area contributed by atoms with Gasteiger partial charge < -0.3 is 14.7 Å². The third-order valence-corrected chi connectivity index (χ3v) is 4.20. The zero-order valence-electron chi connectivity index (χ0n) is 17.3. The summed E-state index contributed by atoms with van der Waals surface area (Å²) >= 11 is 0. The van der Waals surface area contributed by atoms with Gasteiger partial charge in [0.15, 0.2) is 5.82 Å². The molecule has 0 aliphatic heterocycles. The minimum Gasteiger partial charge on any atom is -0.463 e. The predicted octanol–water partition coefficient (Wildman–Crippen LogP) is 3.83. The van der Waals surface area contributed by atoms with Gasteiger partial charge in [0, 0.05) is 13.6 Å². The monoisotopic (exact) mass is 415 g/mol. The summed E-state index contributed by atoms with van der Waals surface area (Å²) < 4.78 is 21.0.